The molecule has 1 aliphatic rings. The van der Waals surface area contributed by atoms with Gasteiger partial charge in [-0.05, 0) is 49.6 Å². The Morgan fingerprint density at radius 3 is 2.94 bits per heavy atom. The van der Waals surface area contributed by atoms with Crippen LogP contribution in [0.1, 0.15) is 31.7 Å². The summed E-state index contributed by atoms with van der Waals surface area (Å²) in [5, 5.41) is 5.07. The Kier molecular flexibility index (Phi) is 4.68. The number of hydrogen-bond donors (Lipinski definition) is 2. The van der Waals surface area contributed by atoms with Gasteiger partial charge in [0, 0.05) is 17.0 Å². The quantitative estimate of drug-likeness (QED) is 0.809. The maximum Gasteiger partial charge on any atom is 0.0656 e. The van der Waals surface area contributed by atoms with E-state index in [0.29, 0.717) is 16.8 Å². The van der Waals surface area contributed by atoms with Crippen molar-refractivity contribution in [1.82, 2.24) is 0 Å². The van der Waals surface area contributed by atoms with Crippen LogP contribution in [0.3, 0.4) is 0 Å². The molecule has 1 aromatic rings. The number of hydrogen-bond acceptors (Lipinski definition) is 3. The molecule has 4 heteroatoms. The molecule has 2 unspecified atom stereocenters. The summed E-state index contributed by atoms with van der Waals surface area (Å²) in [4.78, 5) is 0. The van der Waals surface area contributed by atoms with Gasteiger partial charge in [0.25, 0.3) is 0 Å². The number of thioether (sulfide) groups is 1. The third-order valence-corrected chi connectivity index (χ3v) is 5.05. The predicted molar refractivity (Wildman–Crippen MR) is 83.8 cm³/mol. The van der Waals surface area contributed by atoms with E-state index in [9.17, 15) is 0 Å². The van der Waals surface area contributed by atoms with Crippen molar-refractivity contribution in [1.29, 1.82) is 0 Å². The minimum atomic E-state index is 0.576. The van der Waals surface area contributed by atoms with Crippen LogP contribution in [-0.2, 0) is 0 Å². The zero-order valence-electron chi connectivity index (χ0n) is 11.0. The molecule has 0 aliphatic heterocycles. The van der Waals surface area contributed by atoms with Crippen molar-refractivity contribution in [2.75, 3.05) is 16.8 Å². The van der Waals surface area contributed by atoms with Gasteiger partial charge in [-0.2, -0.15) is 11.8 Å². The molecule has 0 spiro atoms. The summed E-state index contributed by atoms with van der Waals surface area (Å²) in [7, 11) is 0. The first-order valence-electron chi connectivity index (χ1n) is 6.54. The summed E-state index contributed by atoms with van der Waals surface area (Å²) in [6.07, 6.45) is 3.82. The summed E-state index contributed by atoms with van der Waals surface area (Å²) >= 11 is 8.16. The van der Waals surface area contributed by atoms with Crippen LogP contribution in [-0.4, -0.2) is 17.0 Å². The van der Waals surface area contributed by atoms with Gasteiger partial charge in [-0.1, -0.05) is 18.5 Å². The van der Waals surface area contributed by atoms with E-state index in [1.54, 1.807) is 0 Å². The molecule has 0 aromatic heterocycles. The summed E-state index contributed by atoms with van der Waals surface area (Å²) in [5.74, 6) is 1.21. The fraction of sp³-hybridized carbons (Fsp3) is 0.571. The van der Waals surface area contributed by atoms with Crippen LogP contribution in [0.2, 0.25) is 5.02 Å². The first kappa shape index (κ1) is 13.9. The Bertz CT molecular complexity index is 423. The van der Waals surface area contributed by atoms with Crippen LogP contribution in [0.5, 0.6) is 0 Å². The number of nitrogens with one attached hydrogen (secondary N) is 1. The van der Waals surface area contributed by atoms with Crippen LogP contribution in [0.4, 0.5) is 11.4 Å². The number of anilines is 2. The van der Waals surface area contributed by atoms with Gasteiger partial charge in [0.2, 0.25) is 0 Å². The van der Waals surface area contributed by atoms with E-state index in [0.717, 1.165) is 10.9 Å². The van der Waals surface area contributed by atoms with Gasteiger partial charge in [-0.15, -0.1) is 0 Å². The Hall–Kier alpha value is -0.540. The molecule has 0 amide bonds. The van der Waals surface area contributed by atoms with E-state index in [2.05, 4.69) is 30.9 Å². The van der Waals surface area contributed by atoms with E-state index in [-0.39, 0.29) is 0 Å². The van der Waals surface area contributed by atoms with Crippen molar-refractivity contribution < 1.29 is 0 Å². The Morgan fingerprint density at radius 2 is 2.22 bits per heavy atom. The molecule has 100 valence electrons. The lowest BCUT2D eigenvalue weighted by Crippen LogP contribution is -2.16. The smallest absolute Gasteiger partial charge is 0.0656 e. The molecule has 3 N–H and O–H groups in total. The topological polar surface area (TPSA) is 38.0 Å². The predicted octanol–water partition coefficient (Wildman–Crippen LogP) is 4.32. The molecule has 1 aromatic carbocycles. The Labute approximate surface area is 119 Å². The van der Waals surface area contributed by atoms with E-state index in [4.69, 9.17) is 17.3 Å². The number of halogens is 1. The highest BCUT2D eigenvalue weighted by Gasteiger charge is 2.24. The van der Waals surface area contributed by atoms with E-state index in [1.165, 1.54) is 30.6 Å². The minimum Gasteiger partial charge on any atom is -0.398 e. The summed E-state index contributed by atoms with van der Waals surface area (Å²) in [5.41, 5.74) is 8.75. The third-order valence-electron chi connectivity index (χ3n) is 3.49. The van der Waals surface area contributed by atoms with Crippen molar-refractivity contribution in [3.63, 3.8) is 0 Å². The summed E-state index contributed by atoms with van der Waals surface area (Å²) < 4.78 is 0. The van der Waals surface area contributed by atoms with Crippen LogP contribution in [0, 0.1) is 6.92 Å². The standard InChI is InChI=1S/C14H21ClN2S/c1-3-18-11-5-4-10(7-11)17-14-8-12(15)13(16)6-9(14)2/h6,8,10-11,17H,3-5,7,16H2,1-2H3. The molecule has 1 aliphatic carbocycles. The number of nitrogens with two attached hydrogens (primary N) is 1. The van der Waals surface area contributed by atoms with Crippen LogP contribution < -0.4 is 11.1 Å². The molecule has 18 heavy (non-hydrogen) atoms. The van der Waals surface area contributed by atoms with Crippen LogP contribution in [0.15, 0.2) is 12.1 Å². The van der Waals surface area contributed by atoms with E-state index in [1.807, 2.05) is 12.1 Å². The lowest BCUT2D eigenvalue weighted by molar-refractivity contribution is 0.756. The second-order valence-corrected chi connectivity index (χ2v) is 6.90. The maximum absolute atomic E-state index is 6.08. The third kappa shape index (κ3) is 3.27. The van der Waals surface area contributed by atoms with Gasteiger partial charge < -0.3 is 11.1 Å². The molecule has 0 bridgehead atoms. The molecular weight excluding hydrogens is 264 g/mol. The van der Waals surface area contributed by atoms with Crippen molar-refractivity contribution in [3.8, 4) is 0 Å². The van der Waals surface area contributed by atoms with Crippen LogP contribution in [0.25, 0.3) is 0 Å². The number of aryl methyl sites for hydroxylation is 1. The van der Waals surface area contributed by atoms with Crippen LogP contribution >= 0.6 is 23.4 Å². The first-order valence-corrected chi connectivity index (χ1v) is 7.96. The molecule has 0 heterocycles. The first-order chi connectivity index (χ1) is 8.60. The van der Waals surface area contributed by atoms with Gasteiger partial charge in [0.05, 0.1) is 10.7 Å². The van der Waals surface area contributed by atoms with Crippen molar-refractivity contribution in [2.24, 2.45) is 0 Å². The second-order valence-electron chi connectivity index (χ2n) is 4.92. The highest BCUT2D eigenvalue weighted by Crippen LogP contribution is 2.33. The number of nitrogen functional groups attached to an aromatic ring is 1. The van der Waals surface area contributed by atoms with Gasteiger partial charge in [0.1, 0.15) is 0 Å². The second kappa shape index (κ2) is 6.07. The van der Waals surface area contributed by atoms with Gasteiger partial charge >= 0.3 is 0 Å². The molecule has 1 saturated carbocycles. The molecular formula is C14H21ClN2S. The SMILES string of the molecule is CCSC1CCC(Nc2cc(Cl)c(N)cc2C)C1. The van der Waals surface area contributed by atoms with Crippen molar-refractivity contribution in [2.45, 2.75) is 44.4 Å². The lowest BCUT2D eigenvalue weighted by atomic mass is 10.1. The Morgan fingerprint density at radius 1 is 1.44 bits per heavy atom. The zero-order valence-corrected chi connectivity index (χ0v) is 12.6. The normalized spacial score (nSPS) is 23.3. The highest BCUT2D eigenvalue weighted by atomic mass is 35.5. The lowest BCUT2D eigenvalue weighted by Gasteiger charge is -2.17. The minimum absolute atomic E-state index is 0.576. The van der Waals surface area contributed by atoms with Gasteiger partial charge in [-0.3, -0.25) is 0 Å². The fourth-order valence-corrected chi connectivity index (χ4v) is 3.84. The highest BCUT2D eigenvalue weighted by molar-refractivity contribution is 7.99. The molecule has 0 radical (unpaired) electrons. The molecule has 1 fully saturated rings. The van der Waals surface area contributed by atoms with Gasteiger partial charge in [-0.25, -0.2) is 0 Å². The summed E-state index contributed by atoms with van der Waals surface area (Å²) in [6.45, 7) is 4.30. The Balaban J connectivity index is 2.00. The molecule has 2 nitrogen and oxygen atoms in total. The molecule has 2 rings (SSSR count). The zero-order chi connectivity index (χ0) is 13.1. The van der Waals surface area contributed by atoms with E-state index < -0.39 is 0 Å². The monoisotopic (exact) mass is 284 g/mol. The average molecular weight is 285 g/mol. The molecule has 0 saturated heterocycles. The fourth-order valence-electron chi connectivity index (χ4n) is 2.54. The molecule has 2 atom stereocenters. The maximum atomic E-state index is 6.08. The summed E-state index contributed by atoms with van der Waals surface area (Å²) in [6, 6.07) is 4.47. The average Bonchev–Trinajstić information content (AvgIpc) is 2.74. The van der Waals surface area contributed by atoms with E-state index >= 15 is 0 Å². The van der Waals surface area contributed by atoms with Crippen molar-refractivity contribution >= 4 is 34.7 Å². The number of benzene rings is 1. The largest absolute Gasteiger partial charge is 0.398 e. The van der Waals surface area contributed by atoms with Crippen molar-refractivity contribution in [3.05, 3.63) is 22.7 Å². The van der Waals surface area contributed by atoms with Gasteiger partial charge in [0.15, 0.2) is 0 Å². The number of rotatable bonds is 4.